The van der Waals surface area contributed by atoms with Crippen LogP contribution in [0.3, 0.4) is 0 Å². The van der Waals surface area contributed by atoms with Gasteiger partial charge in [0.2, 0.25) is 0 Å². The maximum absolute atomic E-state index is 5.93. The van der Waals surface area contributed by atoms with E-state index >= 15 is 0 Å². The van der Waals surface area contributed by atoms with Crippen LogP contribution in [0, 0.1) is 0 Å². The maximum atomic E-state index is 5.93. The minimum absolute atomic E-state index is 0.166. The number of nitrogens with two attached hydrogens (primary N) is 1. The largest absolute Gasteiger partial charge is 0.328 e. The van der Waals surface area contributed by atoms with Gasteiger partial charge in [0.05, 0.1) is 0 Å². The van der Waals surface area contributed by atoms with Crippen molar-refractivity contribution >= 4 is 39.3 Å². The fraction of sp³-hybridized carbons (Fsp3) is 0.250. The van der Waals surface area contributed by atoms with Crippen LogP contribution >= 0.6 is 39.3 Å². The van der Waals surface area contributed by atoms with Gasteiger partial charge in [0.15, 0.2) is 0 Å². The lowest BCUT2D eigenvalue weighted by atomic mass is 10.1. The molecule has 0 bridgehead atoms. The van der Waals surface area contributed by atoms with Gasteiger partial charge in [0.25, 0.3) is 0 Å². The molecule has 0 radical (unpaired) electrons. The summed E-state index contributed by atoms with van der Waals surface area (Å²) in [4.78, 5) is 1.29. The molecular weight excluding hydrogens is 354 g/mol. The number of hydrogen-bond donors (Lipinski definition) is 1. The zero-order chi connectivity index (χ0) is 14.5. The molecule has 1 unspecified atom stereocenters. The summed E-state index contributed by atoms with van der Waals surface area (Å²) >= 11 is 11.3. The van der Waals surface area contributed by atoms with Crippen LogP contribution in [0.15, 0.2) is 51.8 Å². The van der Waals surface area contributed by atoms with Crippen LogP contribution in [0.25, 0.3) is 0 Å². The first kappa shape index (κ1) is 15.9. The molecule has 20 heavy (non-hydrogen) atoms. The van der Waals surface area contributed by atoms with Gasteiger partial charge in [0.1, 0.15) is 0 Å². The Morgan fingerprint density at radius 2 is 1.90 bits per heavy atom. The topological polar surface area (TPSA) is 26.0 Å². The summed E-state index contributed by atoms with van der Waals surface area (Å²) in [7, 11) is 0. The number of benzene rings is 2. The molecule has 2 aromatic rings. The Labute approximate surface area is 138 Å². The lowest BCUT2D eigenvalue weighted by Crippen LogP contribution is -2.18. The van der Waals surface area contributed by atoms with Gasteiger partial charge in [-0.25, -0.2) is 0 Å². The lowest BCUT2D eigenvalue weighted by Gasteiger charge is -2.12. The van der Waals surface area contributed by atoms with Gasteiger partial charge in [-0.3, -0.25) is 0 Å². The first-order valence-corrected chi connectivity index (χ1v) is 8.61. The minimum atomic E-state index is 0.166. The van der Waals surface area contributed by atoms with Gasteiger partial charge in [0, 0.05) is 26.2 Å². The molecular formula is C16H17BrClNS. The summed E-state index contributed by atoms with van der Waals surface area (Å²) in [5.74, 6) is 0.935. The summed E-state index contributed by atoms with van der Waals surface area (Å²) in [6.07, 6.45) is 0.891. The summed E-state index contributed by atoms with van der Waals surface area (Å²) < 4.78 is 1.10. The number of hydrogen-bond acceptors (Lipinski definition) is 2. The Morgan fingerprint density at radius 1 is 1.20 bits per heavy atom. The zero-order valence-electron chi connectivity index (χ0n) is 11.3. The highest BCUT2D eigenvalue weighted by Crippen LogP contribution is 2.29. The second-order valence-corrected chi connectivity index (χ2v) is 7.22. The van der Waals surface area contributed by atoms with E-state index in [9.17, 15) is 0 Å². The second kappa shape index (κ2) is 7.51. The molecule has 0 fully saturated rings. The molecule has 0 heterocycles. The molecule has 0 aromatic heterocycles. The summed E-state index contributed by atoms with van der Waals surface area (Å²) in [5.41, 5.74) is 8.50. The summed E-state index contributed by atoms with van der Waals surface area (Å²) in [5, 5.41) is 0.778. The van der Waals surface area contributed by atoms with Crippen molar-refractivity contribution in [1.82, 2.24) is 0 Å². The Hall–Kier alpha value is -0.480. The minimum Gasteiger partial charge on any atom is -0.328 e. The van der Waals surface area contributed by atoms with Gasteiger partial charge < -0.3 is 5.73 Å². The molecule has 2 rings (SSSR count). The number of thioether (sulfide) groups is 1. The lowest BCUT2D eigenvalue weighted by molar-refractivity contribution is 0.729. The molecule has 0 aliphatic heterocycles. The molecule has 1 atom stereocenters. The summed E-state index contributed by atoms with van der Waals surface area (Å²) in [6.45, 7) is 2.04. The van der Waals surface area contributed by atoms with Gasteiger partial charge in [-0.05, 0) is 54.8 Å². The van der Waals surface area contributed by atoms with Crippen LogP contribution in [-0.4, -0.2) is 6.04 Å². The molecule has 0 spiro atoms. The van der Waals surface area contributed by atoms with E-state index in [2.05, 4.69) is 46.3 Å². The Kier molecular flexibility index (Phi) is 5.97. The molecule has 0 amide bonds. The van der Waals surface area contributed by atoms with Crippen molar-refractivity contribution in [3.05, 3.63) is 63.1 Å². The third-order valence-electron chi connectivity index (χ3n) is 2.87. The zero-order valence-corrected chi connectivity index (χ0v) is 14.4. The quantitative estimate of drug-likeness (QED) is 0.724. The van der Waals surface area contributed by atoms with E-state index in [1.807, 2.05) is 30.8 Å². The van der Waals surface area contributed by atoms with Crippen molar-refractivity contribution < 1.29 is 0 Å². The highest BCUT2D eigenvalue weighted by Gasteiger charge is 2.07. The van der Waals surface area contributed by atoms with Crippen molar-refractivity contribution in [2.75, 3.05) is 0 Å². The van der Waals surface area contributed by atoms with E-state index in [4.69, 9.17) is 17.3 Å². The smallest absolute Gasteiger partial charge is 0.0406 e. The average Bonchev–Trinajstić information content (AvgIpc) is 2.39. The first-order valence-electron chi connectivity index (χ1n) is 6.46. The van der Waals surface area contributed by atoms with Crippen LogP contribution in [-0.2, 0) is 12.2 Å². The van der Waals surface area contributed by atoms with Gasteiger partial charge in [-0.15, -0.1) is 11.8 Å². The Bertz CT molecular complexity index is 569. The first-order chi connectivity index (χ1) is 9.54. The number of halogens is 2. The maximum Gasteiger partial charge on any atom is 0.0406 e. The summed E-state index contributed by atoms with van der Waals surface area (Å²) in [6, 6.07) is 14.6. The van der Waals surface area contributed by atoms with Crippen LogP contribution in [0.1, 0.15) is 18.1 Å². The highest BCUT2D eigenvalue weighted by atomic mass is 79.9. The fourth-order valence-electron chi connectivity index (χ4n) is 1.94. The normalized spacial score (nSPS) is 12.4. The van der Waals surface area contributed by atoms with Crippen molar-refractivity contribution in [3.8, 4) is 0 Å². The third-order valence-corrected chi connectivity index (χ3v) is 4.80. The van der Waals surface area contributed by atoms with E-state index in [0.29, 0.717) is 0 Å². The monoisotopic (exact) mass is 369 g/mol. The van der Waals surface area contributed by atoms with E-state index in [0.717, 1.165) is 21.7 Å². The number of rotatable bonds is 5. The van der Waals surface area contributed by atoms with Crippen molar-refractivity contribution in [3.63, 3.8) is 0 Å². The molecule has 2 N–H and O–H groups in total. The molecule has 0 saturated carbocycles. The van der Waals surface area contributed by atoms with E-state index in [-0.39, 0.29) is 6.04 Å². The van der Waals surface area contributed by atoms with Gasteiger partial charge in [-0.2, -0.15) is 0 Å². The van der Waals surface area contributed by atoms with Crippen LogP contribution in [0.5, 0.6) is 0 Å². The van der Waals surface area contributed by atoms with Crippen LogP contribution in [0.4, 0.5) is 0 Å². The predicted octanol–water partition coefficient (Wildman–Crippen LogP) is 5.28. The molecule has 106 valence electrons. The standard InChI is InChI=1S/C16H17BrClNS/c1-11(19)8-13-9-14(17)4-7-16(13)20-10-12-2-5-15(18)6-3-12/h2-7,9,11H,8,10,19H2,1H3. The second-order valence-electron chi connectivity index (χ2n) is 4.85. The van der Waals surface area contributed by atoms with Crippen molar-refractivity contribution in [2.45, 2.75) is 30.0 Å². The Balaban J connectivity index is 2.10. The fourth-order valence-corrected chi connectivity index (χ4v) is 3.48. The Morgan fingerprint density at radius 3 is 2.55 bits per heavy atom. The third kappa shape index (κ3) is 4.81. The highest BCUT2D eigenvalue weighted by molar-refractivity contribution is 9.10. The van der Waals surface area contributed by atoms with Crippen molar-refractivity contribution in [2.24, 2.45) is 5.73 Å². The molecule has 0 aliphatic rings. The van der Waals surface area contributed by atoms with Gasteiger partial charge >= 0.3 is 0 Å². The molecule has 1 nitrogen and oxygen atoms in total. The average molecular weight is 371 g/mol. The predicted molar refractivity (Wildman–Crippen MR) is 92.5 cm³/mol. The SMILES string of the molecule is CC(N)Cc1cc(Br)ccc1SCc1ccc(Cl)cc1. The van der Waals surface area contributed by atoms with E-state index in [1.165, 1.54) is 16.0 Å². The van der Waals surface area contributed by atoms with E-state index < -0.39 is 0 Å². The molecule has 0 saturated heterocycles. The van der Waals surface area contributed by atoms with Crippen LogP contribution in [0.2, 0.25) is 5.02 Å². The van der Waals surface area contributed by atoms with E-state index in [1.54, 1.807) is 0 Å². The molecule has 4 heteroatoms. The van der Waals surface area contributed by atoms with Gasteiger partial charge in [-0.1, -0.05) is 39.7 Å². The molecule has 2 aromatic carbocycles. The molecule has 0 aliphatic carbocycles. The van der Waals surface area contributed by atoms with Crippen molar-refractivity contribution in [1.29, 1.82) is 0 Å². The van der Waals surface area contributed by atoms with Crippen LogP contribution < -0.4 is 5.73 Å².